The van der Waals surface area contributed by atoms with Crippen molar-refractivity contribution in [2.24, 2.45) is 0 Å². The Bertz CT molecular complexity index is 492. The molecule has 0 spiro atoms. The number of nitrogens with zero attached hydrogens (tertiary/aromatic N) is 1. The molecule has 2 aromatic rings. The zero-order chi connectivity index (χ0) is 10.1. The zero-order valence-corrected chi connectivity index (χ0v) is 8.47. The Morgan fingerprint density at radius 3 is 2.86 bits per heavy atom. The normalized spacial score (nSPS) is 10.4. The molecule has 0 aliphatic heterocycles. The molecule has 1 amide bonds. The van der Waals surface area contributed by atoms with E-state index in [1.807, 2.05) is 24.3 Å². The molecule has 5 heteroatoms. The first-order valence-electron chi connectivity index (χ1n) is 4.15. The molecule has 1 aromatic carbocycles. The fourth-order valence-electron chi connectivity index (χ4n) is 1.24. The summed E-state index contributed by atoms with van der Waals surface area (Å²) in [6, 6.07) is 7.73. The molecule has 1 heterocycles. The molecule has 0 unspecified atom stereocenters. The Kier molecular flexibility index (Phi) is 2.09. The Labute approximate surface area is 84.9 Å². The maximum atomic E-state index is 10.9. The minimum absolute atomic E-state index is 0.115. The number of para-hydroxylation sites is 1. The van der Waals surface area contributed by atoms with E-state index >= 15 is 0 Å². The van der Waals surface area contributed by atoms with Crippen LogP contribution in [-0.4, -0.2) is 5.91 Å². The van der Waals surface area contributed by atoms with Crippen molar-refractivity contribution in [3.05, 3.63) is 24.3 Å². The summed E-state index contributed by atoms with van der Waals surface area (Å²) < 4.78 is 2.54. The molecule has 0 aliphatic rings. The number of hydrogen-bond donors (Lipinski definition) is 2. The highest BCUT2D eigenvalue weighted by Gasteiger charge is 2.16. The van der Waals surface area contributed by atoms with Gasteiger partial charge in [-0.15, -0.1) is 4.68 Å². The van der Waals surface area contributed by atoms with Gasteiger partial charge in [0, 0.05) is 6.92 Å². The van der Waals surface area contributed by atoms with Crippen LogP contribution in [0.15, 0.2) is 24.3 Å². The van der Waals surface area contributed by atoms with E-state index in [2.05, 4.69) is 5.32 Å². The van der Waals surface area contributed by atoms with Crippen molar-refractivity contribution < 1.29 is 9.47 Å². The van der Waals surface area contributed by atoms with E-state index in [4.69, 9.17) is 5.84 Å². The largest absolute Gasteiger partial charge is 0.365 e. The SMILES string of the molecule is CC(=O)Nc1sc2ccccc2[n+]1N. The van der Waals surface area contributed by atoms with Gasteiger partial charge in [0.05, 0.1) is 4.70 Å². The average molecular weight is 208 g/mol. The van der Waals surface area contributed by atoms with Gasteiger partial charge in [-0.2, -0.15) is 5.32 Å². The highest BCUT2D eigenvalue weighted by atomic mass is 32.1. The van der Waals surface area contributed by atoms with Crippen LogP contribution >= 0.6 is 11.3 Å². The van der Waals surface area contributed by atoms with Crippen molar-refractivity contribution in [3.8, 4) is 0 Å². The smallest absolute Gasteiger partial charge is 0.267 e. The second kappa shape index (κ2) is 3.26. The van der Waals surface area contributed by atoms with E-state index in [1.54, 1.807) is 0 Å². The fraction of sp³-hybridized carbons (Fsp3) is 0.111. The van der Waals surface area contributed by atoms with Crippen molar-refractivity contribution in [2.75, 3.05) is 11.2 Å². The van der Waals surface area contributed by atoms with Gasteiger partial charge in [0.2, 0.25) is 0 Å². The molecule has 14 heavy (non-hydrogen) atoms. The molecule has 0 bridgehead atoms. The lowest BCUT2D eigenvalue weighted by molar-refractivity contribution is -0.592. The van der Waals surface area contributed by atoms with E-state index in [1.165, 1.54) is 22.9 Å². The fourth-order valence-corrected chi connectivity index (χ4v) is 2.26. The lowest BCUT2D eigenvalue weighted by Crippen LogP contribution is -2.45. The van der Waals surface area contributed by atoms with Crippen LogP contribution in [0.25, 0.3) is 10.2 Å². The summed E-state index contributed by atoms with van der Waals surface area (Å²) in [5.41, 5.74) is 0.918. The second-order valence-electron chi connectivity index (χ2n) is 2.93. The molecule has 0 saturated carbocycles. The van der Waals surface area contributed by atoms with Gasteiger partial charge in [-0.05, 0) is 23.5 Å². The van der Waals surface area contributed by atoms with Gasteiger partial charge in [0.15, 0.2) is 5.52 Å². The number of nitrogen functional groups attached to an aromatic ring is 1. The monoisotopic (exact) mass is 208 g/mol. The number of amides is 1. The average Bonchev–Trinajstić information content (AvgIpc) is 2.44. The summed E-state index contributed by atoms with van der Waals surface area (Å²) in [6.45, 7) is 1.46. The quantitative estimate of drug-likeness (QED) is 0.539. The van der Waals surface area contributed by atoms with Crippen LogP contribution in [0.5, 0.6) is 0 Å². The van der Waals surface area contributed by atoms with Crippen molar-refractivity contribution in [2.45, 2.75) is 6.92 Å². The molecule has 0 atom stereocenters. The van der Waals surface area contributed by atoms with Crippen molar-refractivity contribution in [1.82, 2.24) is 0 Å². The number of rotatable bonds is 1. The number of aromatic nitrogens is 1. The highest BCUT2D eigenvalue weighted by molar-refractivity contribution is 7.21. The Balaban J connectivity index is 2.57. The van der Waals surface area contributed by atoms with Crippen LogP contribution in [0.4, 0.5) is 5.13 Å². The second-order valence-corrected chi connectivity index (χ2v) is 3.96. The van der Waals surface area contributed by atoms with E-state index in [0.717, 1.165) is 10.2 Å². The van der Waals surface area contributed by atoms with Crippen molar-refractivity contribution in [3.63, 3.8) is 0 Å². The predicted molar refractivity (Wildman–Crippen MR) is 56.5 cm³/mol. The summed E-state index contributed by atoms with van der Waals surface area (Å²) in [5, 5.41) is 3.33. The number of thiazole rings is 1. The number of fused-ring (bicyclic) bond motifs is 1. The first kappa shape index (κ1) is 8.96. The van der Waals surface area contributed by atoms with Gasteiger partial charge in [-0.25, -0.2) is 4.79 Å². The standard InChI is InChI=1S/C9H9N3OS/c1-6(13)11-9-12(10)7-4-2-3-5-8(7)14-9/h2-5H,10H2,1H3/p+1. The number of nitrogens with two attached hydrogens (primary N) is 1. The zero-order valence-electron chi connectivity index (χ0n) is 7.65. The molecule has 0 fully saturated rings. The Morgan fingerprint density at radius 2 is 2.21 bits per heavy atom. The maximum absolute atomic E-state index is 10.9. The van der Waals surface area contributed by atoms with Gasteiger partial charge in [-0.3, -0.25) is 5.84 Å². The molecule has 1 aromatic heterocycles. The van der Waals surface area contributed by atoms with Crippen LogP contribution < -0.4 is 15.8 Å². The minimum Gasteiger partial charge on any atom is -0.267 e. The molecule has 72 valence electrons. The molecular weight excluding hydrogens is 198 g/mol. The van der Waals surface area contributed by atoms with Crippen molar-refractivity contribution in [1.29, 1.82) is 0 Å². The molecule has 0 aliphatic carbocycles. The van der Waals surface area contributed by atoms with E-state index in [-0.39, 0.29) is 5.91 Å². The third-order valence-corrected chi connectivity index (χ3v) is 2.89. The van der Waals surface area contributed by atoms with Crippen molar-refractivity contribution >= 4 is 32.6 Å². The first-order valence-corrected chi connectivity index (χ1v) is 4.96. The number of carbonyl (C=O) groups excluding carboxylic acids is 1. The van der Waals surface area contributed by atoms with Gasteiger partial charge >= 0.3 is 11.0 Å². The number of hydrogen-bond acceptors (Lipinski definition) is 3. The lowest BCUT2D eigenvalue weighted by Gasteiger charge is -1.91. The summed E-state index contributed by atoms with van der Waals surface area (Å²) >= 11 is 1.46. The van der Waals surface area contributed by atoms with Gasteiger partial charge in [0.25, 0.3) is 0 Å². The third-order valence-electron chi connectivity index (χ3n) is 1.83. The van der Waals surface area contributed by atoms with Crippen LogP contribution in [0.1, 0.15) is 6.92 Å². The summed E-state index contributed by atoms with van der Waals surface area (Å²) in [7, 11) is 0. The third kappa shape index (κ3) is 1.42. The van der Waals surface area contributed by atoms with Gasteiger partial charge in [-0.1, -0.05) is 12.1 Å². The maximum Gasteiger partial charge on any atom is 0.365 e. The van der Waals surface area contributed by atoms with E-state index in [0.29, 0.717) is 5.13 Å². The van der Waals surface area contributed by atoms with Gasteiger partial charge < -0.3 is 0 Å². The summed E-state index contributed by atoms with van der Waals surface area (Å²) in [4.78, 5) is 10.9. The van der Waals surface area contributed by atoms with Gasteiger partial charge in [0.1, 0.15) is 0 Å². The van der Waals surface area contributed by atoms with E-state index in [9.17, 15) is 4.79 Å². The molecule has 0 radical (unpaired) electrons. The highest BCUT2D eigenvalue weighted by Crippen LogP contribution is 2.22. The Hall–Kier alpha value is -1.62. The molecule has 4 nitrogen and oxygen atoms in total. The number of anilines is 1. The number of carbonyl (C=O) groups is 1. The van der Waals surface area contributed by atoms with Crippen LogP contribution in [0.2, 0.25) is 0 Å². The molecule has 0 saturated heterocycles. The Morgan fingerprint density at radius 1 is 1.50 bits per heavy atom. The van der Waals surface area contributed by atoms with Crippen LogP contribution in [0.3, 0.4) is 0 Å². The minimum atomic E-state index is -0.115. The van der Waals surface area contributed by atoms with E-state index < -0.39 is 0 Å². The molecular formula is C9H10N3OS+. The first-order chi connectivity index (χ1) is 6.68. The molecule has 2 rings (SSSR count). The molecule has 3 N–H and O–H groups in total. The predicted octanol–water partition coefficient (Wildman–Crippen LogP) is 0.861. The summed E-state index contributed by atoms with van der Waals surface area (Å²) in [6.07, 6.45) is 0. The lowest BCUT2D eigenvalue weighted by atomic mass is 10.3. The van der Waals surface area contributed by atoms with Crippen LogP contribution in [-0.2, 0) is 4.79 Å². The van der Waals surface area contributed by atoms with Crippen LogP contribution in [0, 0.1) is 0 Å². The summed E-state index contributed by atoms with van der Waals surface area (Å²) in [5.74, 6) is 5.68. The number of benzene rings is 1. The topological polar surface area (TPSA) is 59.0 Å². The number of nitrogens with one attached hydrogen (secondary N) is 1.